The number of non-ortho nitro benzene ring substituents is 1. The zero-order valence-electron chi connectivity index (χ0n) is 13.7. The highest BCUT2D eigenvalue weighted by Crippen LogP contribution is 2.29. The second-order valence-corrected chi connectivity index (χ2v) is 6.03. The van der Waals surface area contributed by atoms with Gasteiger partial charge in [-0.05, 0) is 31.0 Å². The minimum absolute atomic E-state index is 0.0208. The van der Waals surface area contributed by atoms with Crippen molar-refractivity contribution in [2.24, 2.45) is 0 Å². The second-order valence-electron chi connectivity index (χ2n) is 6.03. The maximum atomic E-state index is 13.8. The first-order valence-electron chi connectivity index (χ1n) is 8.04. The van der Waals surface area contributed by atoms with Crippen LogP contribution in [0, 0.1) is 21.7 Å². The molecule has 6 nitrogen and oxygen atoms in total. The van der Waals surface area contributed by atoms with Crippen LogP contribution in [0.3, 0.4) is 0 Å². The molecule has 0 aromatic heterocycles. The Kier molecular flexibility index (Phi) is 5.11. The van der Waals surface area contributed by atoms with Crippen molar-refractivity contribution in [1.82, 2.24) is 4.90 Å². The lowest BCUT2D eigenvalue weighted by molar-refractivity contribution is -0.384. The lowest BCUT2D eigenvalue weighted by Crippen LogP contribution is -2.36. The summed E-state index contributed by atoms with van der Waals surface area (Å²) in [6.07, 6.45) is 1.65. The lowest BCUT2D eigenvalue weighted by atomic mass is 10.2. The Morgan fingerprint density at radius 2 is 1.88 bits per heavy atom. The highest BCUT2D eigenvalue weighted by Gasteiger charge is 2.33. The summed E-state index contributed by atoms with van der Waals surface area (Å²) >= 11 is 0. The Morgan fingerprint density at radius 1 is 1.19 bits per heavy atom. The Bertz CT molecular complexity index is 822. The average molecular weight is 362 g/mol. The topological polar surface area (TPSA) is 72.7 Å². The number of nitrogens with zero attached hydrogens (tertiary/aromatic N) is 2. The number of nitro benzene ring substituents is 1. The van der Waals surface area contributed by atoms with E-state index in [9.17, 15) is 23.7 Å². The minimum atomic E-state index is -0.695. The Balaban J connectivity index is 1.63. The Labute approximate surface area is 148 Å². The number of carbonyl (C=O) groups is 1. The van der Waals surface area contributed by atoms with Crippen LogP contribution >= 0.6 is 0 Å². The molecule has 0 N–H and O–H groups in total. The number of hydrogen-bond acceptors (Lipinski definition) is 4. The summed E-state index contributed by atoms with van der Waals surface area (Å²) in [7, 11) is 0. The van der Waals surface area contributed by atoms with Gasteiger partial charge in [-0.15, -0.1) is 0 Å². The molecule has 1 saturated carbocycles. The number of hydrogen-bond donors (Lipinski definition) is 0. The number of benzene rings is 2. The molecule has 0 bridgehead atoms. The van der Waals surface area contributed by atoms with Crippen molar-refractivity contribution < 1.29 is 23.2 Å². The van der Waals surface area contributed by atoms with Gasteiger partial charge in [-0.1, -0.05) is 6.07 Å². The number of amides is 1. The van der Waals surface area contributed by atoms with E-state index in [2.05, 4.69) is 0 Å². The molecule has 0 heterocycles. The van der Waals surface area contributed by atoms with E-state index < -0.39 is 16.6 Å². The molecule has 0 radical (unpaired) electrons. The number of rotatable bonds is 7. The Morgan fingerprint density at radius 3 is 2.46 bits per heavy atom. The van der Waals surface area contributed by atoms with Gasteiger partial charge < -0.3 is 9.64 Å². The predicted octanol–water partition coefficient (Wildman–Crippen LogP) is 3.44. The first-order chi connectivity index (χ1) is 12.4. The van der Waals surface area contributed by atoms with Gasteiger partial charge in [-0.2, -0.15) is 0 Å². The first kappa shape index (κ1) is 17.8. The third-order valence-corrected chi connectivity index (χ3v) is 4.07. The molecule has 0 spiro atoms. The maximum absolute atomic E-state index is 13.8. The van der Waals surface area contributed by atoms with Gasteiger partial charge in [0.05, 0.1) is 4.92 Å². The largest absolute Gasteiger partial charge is 0.484 e. The van der Waals surface area contributed by atoms with E-state index in [4.69, 9.17) is 4.74 Å². The molecule has 0 atom stereocenters. The molecule has 2 aromatic rings. The molecule has 1 aliphatic carbocycles. The molecule has 2 aromatic carbocycles. The van der Waals surface area contributed by atoms with Crippen molar-refractivity contribution in [3.63, 3.8) is 0 Å². The SMILES string of the molecule is O=C(COc1ccc([N+](=O)[O-])cc1)N(Cc1ccc(F)cc1F)C1CC1. The summed E-state index contributed by atoms with van der Waals surface area (Å²) in [6, 6.07) is 8.68. The van der Waals surface area contributed by atoms with Crippen molar-refractivity contribution in [3.05, 3.63) is 69.8 Å². The van der Waals surface area contributed by atoms with Crippen molar-refractivity contribution in [2.45, 2.75) is 25.4 Å². The van der Waals surface area contributed by atoms with E-state index in [1.165, 1.54) is 35.2 Å². The Hall–Kier alpha value is -3.03. The van der Waals surface area contributed by atoms with E-state index in [0.717, 1.165) is 25.0 Å². The van der Waals surface area contributed by atoms with Gasteiger partial charge in [0.15, 0.2) is 6.61 Å². The molecule has 8 heteroatoms. The van der Waals surface area contributed by atoms with Gasteiger partial charge >= 0.3 is 0 Å². The summed E-state index contributed by atoms with van der Waals surface area (Å²) in [6.45, 7) is -0.226. The molecular formula is C18H16F2N2O4. The van der Waals surface area contributed by atoms with Crippen molar-refractivity contribution >= 4 is 11.6 Å². The molecule has 1 aliphatic rings. The highest BCUT2D eigenvalue weighted by atomic mass is 19.1. The molecule has 3 rings (SSSR count). The summed E-state index contributed by atoms with van der Waals surface area (Å²) < 4.78 is 32.2. The molecular weight excluding hydrogens is 346 g/mol. The molecule has 26 heavy (non-hydrogen) atoms. The summed E-state index contributed by atoms with van der Waals surface area (Å²) in [5.74, 6) is -1.36. The van der Waals surface area contributed by atoms with Crippen LogP contribution < -0.4 is 4.74 Å². The lowest BCUT2D eigenvalue weighted by Gasteiger charge is -2.23. The van der Waals surface area contributed by atoms with Crippen LogP contribution in [-0.2, 0) is 11.3 Å². The van der Waals surface area contributed by atoms with Gasteiger partial charge in [-0.3, -0.25) is 14.9 Å². The normalized spacial score (nSPS) is 13.3. The standard InChI is InChI=1S/C18H16F2N2O4/c19-13-2-1-12(17(20)9-13)10-21(14-3-4-14)18(23)11-26-16-7-5-15(6-8-16)22(24)25/h1-2,5-9,14H,3-4,10-11H2. The van der Waals surface area contributed by atoms with Crippen molar-refractivity contribution in [2.75, 3.05) is 6.61 Å². The monoisotopic (exact) mass is 362 g/mol. The first-order valence-corrected chi connectivity index (χ1v) is 8.04. The number of halogens is 2. The maximum Gasteiger partial charge on any atom is 0.269 e. The van der Waals surface area contributed by atoms with Gasteiger partial charge in [0.1, 0.15) is 17.4 Å². The molecule has 1 fully saturated rings. The van der Waals surface area contributed by atoms with Gasteiger partial charge in [0, 0.05) is 36.3 Å². The van der Waals surface area contributed by atoms with Gasteiger partial charge in [-0.25, -0.2) is 8.78 Å². The van der Waals surface area contributed by atoms with Gasteiger partial charge in [0.2, 0.25) is 0 Å². The summed E-state index contributed by atoms with van der Waals surface area (Å²) in [5, 5.41) is 10.6. The van der Waals surface area contributed by atoms with E-state index in [1.54, 1.807) is 0 Å². The number of ether oxygens (including phenoxy) is 1. The minimum Gasteiger partial charge on any atom is -0.484 e. The predicted molar refractivity (Wildman–Crippen MR) is 88.5 cm³/mol. The van der Waals surface area contributed by atoms with E-state index in [0.29, 0.717) is 5.75 Å². The summed E-state index contributed by atoms with van der Waals surface area (Å²) in [4.78, 5) is 24.1. The summed E-state index contributed by atoms with van der Waals surface area (Å²) in [5.41, 5.74) is 0.164. The molecule has 1 amide bonds. The number of carbonyl (C=O) groups excluding carboxylic acids is 1. The van der Waals surface area contributed by atoms with E-state index >= 15 is 0 Å². The highest BCUT2D eigenvalue weighted by molar-refractivity contribution is 5.78. The molecule has 136 valence electrons. The van der Waals surface area contributed by atoms with Crippen LogP contribution in [0.25, 0.3) is 0 Å². The second kappa shape index (κ2) is 7.47. The third-order valence-electron chi connectivity index (χ3n) is 4.07. The van der Waals surface area contributed by atoms with Crippen LogP contribution in [-0.4, -0.2) is 28.4 Å². The van der Waals surface area contributed by atoms with Gasteiger partial charge in [0.25, 0.3) is 11.6 Å². The van der Waals surface area contributed by atoms with Crippen LogP contribution in [0.4, 0.5) is 14.5 Å². The average Bonchev–Trinajstić information content (AvgIpc) is 3.44. The van der Waals surface area contributed by atoms with Crippen molar-refractivity contribution in [1.29, 1.82) is 0 Å². The molecule has 0 saturated heterocycles. The number of nitro groups is 1. The quantitative estimate of drug-likeness (QED) is 0.559. The molecule has 0 unspecified atom stereocenters. The molecule has 0 aliphatic heterocycles. The zero-order chi connectivity index (χ0) is 18.7. The van der Waals surface area contributed by atoms with Crippen LogP contribution in [0.5, 0.6) is 5.75 Å². The van der Waals surface area contributed by atoms with E-state index in [1.807, 2.05) is 0 Å². The van der Waals surface area contributed by atoms with Crippen LogP contribution in [0.15, 0.2) is 42.5 Å². The fourth-order valence-corrected chi connectivity index (χ4v) is 2.53. The smallest absolute Gasteiger partial charge is 0.269 e. The van der Waals surface area contributed by atoms with Crippen LogP contribution in [0.2, 0.25) is 0 Å². The van der Waals surface area contributed by atoms with Crippen LogP contribution in [0.1, 0.15) is 18.4 Å². The fourth-order valence-electron chi connectivity index (χ4n) is 2.53. The fraction of sp³-hybridized carbons (Fsp3) is 0.278. The zero-order valence-corrected chi connectivity index (χ0v) is 13.7. The van der Waals surface area contributed by atoms with Crippen molar-refractivity contribution in [3.8, 4) is 5.75 Å². The third kappa shape index (κ3) is 4.33. The van der Waals surface area contributed by atoms with E-state index in [-0.39, 0.29) is 36.4 Å².